The summed E-state index contributed by atoms with van der Waals surface area (Å²) in [7, 11) is 0. The van der Waals surface area contributed by atoms with Crippen LogP contribution in [0.2, 0.25) is 0 Å². The highest BCUT2D eigenvalue weighted by molar-refractivity contribution is 7.09. The molecule has 1 aromatic heterocycles. The molecule has 0 unspecified atom stereocenters. The lowest BCUT2D eigenvalue weighted by Crippen LogP contribution is -2.39. The predicted octanol–water partition coefficient (Wildman–Crippen LogP) is 1.73. The summed E-state index contributed by atoms with van der Waals surface area (Å²) < 4.78 is 5.41. The SMILES string of the molecule is O=C(NCc1cccs1)NC[C@@H]1CCCO1. The van der Waals surface area contributed by atoms with E-state index in [0.717, 1.165) is 24.3 Å². The average molecular weight is 240 g/mol. The van der Waals surface area contributed by atoms with Gasteiger partial charge in [-0.3, -0.25) is 0 Å². The van der Waals surface area contributed by atoms with E-state index in [9.17, 15) is 4.79 Å². The molecule has 0 radical (unpaired) electrons. The lowest BCUT2D eigenvalue weighted by atomic mass is 10.2. The fourth-order valence-electron chi connectivity index (χ4n) is 1.65. The highest BCUT2D eigenvalue weighted by Crippen LogP contribution is 2.10. The number of hydrogen-bond acceptors (Lipinski definition) is 3. The molecule has 2 amide bonds. The first-order valence-electron chi connectivity index (χ1n) is 5.50. The fourth-order valence-corrected chi connectivity index (χ4v) is 2.30. The van der Waals surface area contributed by atoms with Crippen molar-refractivity contribution in [1.29, 1.82) is 0 Å². The lowest BCUT2D eigenvalue weighted by Gasteiger charge is -2.11. The number of carbonyl (C=O) groups is 1. The van der Waals surface area contributed by atoms with Crippen LogP contribution in [-0.4, -0.2) is 25.3 Å². The first kappa shape index (κ1) is 11.4. The maximum atomic E-state index is 11.4. The van der Waals surface area contributed by atoms with E-state index in [4.69, 9.17) is 4.74 Å². The van der Waals surface area contributed by atoms with Gasteiger partial charge in [-0.25, -0.2) is 4.79 Å². The van der Waals surface area contributed by atoms with Crippen molar-refractivity contribution in [2.75, 3.05) is 13.2 Å². The minimum absolute atomic E-state index is 0.121. The molecular formula is C11H16N2O2S. The monoisotopic (exact) mass is 240 g/mol. The van der Waals surface area contributed by atoms with E-state index < -0.39 is 0 Å². The van der Waals surface area contributed by atoms with Gasteiger partial charge in [0.1, 0.15) is 0 Å². The molecular weight excluding hydrogens is 224 g/mol. The van der Waals surface area contributed by atoms with Crippen LogP contribution in [0.15, 0.2) is 17.5 Å². The Labute approximate surface area is 99.0 Å². The Hall–Kier alpha value is -1.07. The summed E-state index contributed by atoms with van der Waals surface area (Å²) in [5, 5.41) is 7.63. The molecule has 1 fully saturated rings. The van der Waals surface area contributed by atoms with Crippen molar-refractivity contribution >= 4 is 17.4 Å². The van der Waals surface area contributed by atoms with Crippen molar-refractivity contribution in [1.82, 2.24) is 10.6 Å². The van der Waals surface area contributed by atoms with Crippen LogP contribution in [0, 0.1) is 0 Å². The number of hydrogen-bond donors (Lipinski definition) is 2. The van der Waals surface area contributed by atoms with Crippen LogP contribution in [0.3, 0.4) is 0 Å². The van der Waals surface area contributed by atoms with Crippen molar-refractivity contribution in [2.24, 2.45) is 0 Å². The van der Waals surface area contributed by atoms with Crippen LogP contribution in [0.5, 0.6) is 0 Å². The van der Waals surface area contributed by atoms with Crippen molar-refractivity contribution in [3.05, 3.63) is 22.4 Å². The Morgan fingerprint density at radius 3 is 3.19 bits per heavy atom. The normalized spacial score (nSPS) is 19.6. The molecule has 0 aliphatic carbocycles. The number of amides is 2. The van der Waals surface area contributed by atoms with Crippen LogP contribution < -0.4 is 10.6 Å². The molecule has 0 saturated carbocycles. The van der Waals surface area contributed by atoms with Gasteiger partial charge in [0.05, 0.1) is 12.6 Å². The molecule has 1 aliphatic rings. The summed E-state index contributed by atoms with van der Waals surface area (Å²) in [5.74, 6) is 0. The standard InChI is InChI=1S/C11H16N2O2S/c14-11(12-7-9-3-1-5-15-9)13-8-10-4-2-6-16-10/h2,4,6,9H,1,3,5,7-8H2,(H2,12,13,14)/t9-/m0/s1. The Balaban J connectivity index is 1.60. The maximum Gasteiger partial charge on any atom is 0.315 e. The quantitative estimate of drug-likeness (QED) is 0.842. The summed E-state index contributed by atoms with van der Waals surface area (Å²) in [6.07, 6.45) is 2.35. The second-order valence-electron chi connectivity index (χ2n) is 3.78. The van der Waals surface area contributed by atoms with Gasteiger partial charge in [-0.2, -0.15) is 0 Å². The predicted molar refractivity (Wildman–Crippen MR) is 63.5 cm³/mol. The Morgan fingerprint density at radius 2 is 2.50 bits per heavy atom. The average Bonchev–Trinajstić information content (AvgIpc) is 2.96. The Kier molecular flexibility index (Phi) is 4.18. The van der Waals surface area contributed by atoms with E-state index >= 15 is 0 Å². The van der Waals surface area contributed by atoms with Gasteiger partial charge in [0.2, 0.25) is 0 Å². The molecule has 0 aromatic carbocycles. The molecule has 5 heteroatoms. The molecule has 88 valence electrons. The van der Waals surface area contributed by atoms with Crippen LogP contribution in [-0.2, 0) is 11.3 Å². The number of urea groups is 1. The van der Waals surface area contributed by atoms with Gasteiger partial charge in [-0.15, -0.1) is 11.3 Å². The Morgan fingerprint density at radius 1 is 1.56 bits per heavy atom. The molecule has 1 atom stereocenters. The number of carbonyl (C=O) groups excluding carboxylic acids is 1. The van der Waals surface area contributed by atoms with Crippen molar-refractivity contribution < 1.29 is 9.53 Å². The zero-order valence-electron chi connectivity index (χ0n) is 9.07. The van der Waals surface area contributed by atoms with Gasteiger partial charge in [0, 0.05) is 18.0 Å². The summed E-state index contributed by atoms with van der Waals surface area (Å²) in [6.45, 7) is 2.02. The van der Waals surface area contributed by atoms with Crippen molar-refractivity contribution in [3.63, 3.8) is 0 Å². The van der Waals surface area contributed by atoms with Crippen LogP contribution in [0.4, 0.5) is 4.79 Å². The van der Waals surface area contributed by atoms with Crippen LogP contribution in [0.25, 0.3) is 0 Å². The van der Waals surface area contributed by atoms with Gasteiger partial charge in [0.15, 0.2) is 0 Å². The van der Waals surface area contributed by atoms with Gasteiger partial charge < -0.3 is 15.4 Å². The molecule has 0 spiro atoms. The lowest BCUT2D eigenvalue weighted by molar-refractivity contribution is 0.111. The zero-order valence-corrected chi connectivity index (χ0v) is 9.89. The molecule has 1 saturated heterocycles. The molecule has 2 rings (SSSR count). The van der Waals surface area contributed by atoms with E-state index in [1.165, 1.54) is 0 Å². The van der Waals surface area contributed by atoms with Gasteiger partial charge >= 0.3 is 6.03 Å². The summed E-state index contributed by atoms with van der Waals surface area (Å²) in [5.41, 5.74) is 0. The molecule has 4 nitrogen and oxygen atoms in total. The molecule has 1 aliphatic heterocycles. The maximum absolute atomic E-state index is 11.4. The molecule has 2 N–H and O–H groups in total. The largest absolute Gasteiger partial charge is 0.376 e. The Bertz CT molecular complexity index is 321. The molecule has 16 heavy (non-hydrogen) atoms. The van der Waals surface area contributed by atoms with Gasteiger partial charge in [-0.05, 0) is 24.3 Å². The first-order valence-corrected chi connectivity index (χ1v) is 6.38. The van der Waals surface area contributed by atoms with Crippen molar-refractivity contribution in [3.8, 4) is 0 Å². The first-order chi connectivity index (χ1) is 7.84. The second-order valence-corrected chi connectivity index (χ2v) is 4.81. The van der Waals surface area contributed by atoms with Crippen LogP contribution >= 0.6 is 11.3 Å². The summed E-state index contributed by atoms with van der Waals surface area (Å²) in [4.78, 5) is 12.6. The third-order valence-electron chi connectivity index (χ3n) is 2.52. The third kappa shape index (κ3) is 3.50. The third-order valence-corrected chi connectivity index (χ3v) is 3.39. The minimum atomic E-state index is -0.121. The molecule has 0 bridgehead atoms. The highest BCUT2D eigenvalue weighted by Gasteiger charge is 2.15. The molecule has 1 aromatic rings. The van der Waals surface area contributed by atoms with Gasteiger partial charge in [-0.1, -0.05) is 6.07 Å². The smallest absolute Gasteiger partial charge is 0.315 e. The van der Waals surface area contributed by atoms with E-state index in [0.29, 0.717) is 13.1 Å². The summed E-state index contributed by atoms with van der Waals surface area (Å²) in [6, 6.07) is 3.86. The van der Waals surface area contributed by atoms with E-state index in [1.54, 1.807) is 11.3 Å². The van der Waals surface area contributed by atoms with Crippen molar-refractivity contribution in [2.45, 2.75) is 25.5 Å². The number of thiophene rings is 1. The van der Waals surface area contributed by atoms with Gasteiger partial charge in [0.25, 0.3) is 0 Å². The molecule has 2 heterocycles. The summed E-state index contributed by atoms with van der Waals surface area (Å²) >= 11 is 1.64. The van der Waals surface area contributed by atoms with E-state index in [1.807, 2.05) is 17.5 Å². The fraction of sp³-hybridized carbons (Fsp3) is 0.545. The van der Waals surface area contributed by atoms with Crippen LogP contribution in [0.1, 0.15) is 17.7 Å². The number of nitrogens with one attached hydrogen (secondary N) is 2. The highest BCUT2D eigenvalue weighted by atomic mass is 32.1. The zero-order chi connectivity index (χ0) is 11.2. The topological polar surface area (TPSA) is 50.4 Å². The number of rotatable bonds is 4. The van der Waals surface area contributed by atoms with E-state index in [-0.39, 0.29) is 12.1 Å². The number of ether oxygens (including phenoxy) is 1. The minimum Gasteiger partial charge on any atom is -0.376 e. The van der Waals surface area contributed by atoms with E-state index in [2.05, 4.69) is 10.6 Å². The second kappa shape index (κ2) is 5.86.